The number of rotatable bonds is 18. The highest BCUT2D eigenvalue weighted by atomic mass is 28.3. The van der Waals surface area contributed by atoms with Gasteiger partial charge in [-0.3, -0.25) is 9.78 Å². The largest absolute Gasteiger partial charge is 0.373 e. The molecule has 40 heavy (non-hydrogen) atoms. The minimum Gasteiger partial charge on any atom is -0.290 e. The Morgan fingerprint density at radius 1 is 0.675 bits per heavy atom. The summed E-state index contributed by atoms with van der Waals surface area (Å²) in [5, 5.41) is 2.46. The normalized spacial score (nSPS) is 11.8. The van der Waals surface area contributed by atoms with Crippen LogP contribution in [0.25, 0.3) is 0 Å². The highest BCUT2D eigenvalue weighted by Gasteiger charge is 2.29. The summed E-state index contributed by atoms with van der Waals surface area (Å²) in [4.78, 5) is 46.1. The topological polar surface area (TPSA) is 71.1 Å². The molecule has 2 rings (SSSR count). The Morgan fingerprint density at radius 2 is 1.05 bits per heavy atom. The van der Waals surface area contributed by atoms with Crippen molar-refractivity contribution in [1.29, 1.82) is 0 Å². The molecular formula is C32H46O6Si2. The van der Waals surface area contributed by atoms with E-state index in [0.717, 1.165) is 43.4 Å². The predicted octanol–water partition coefficient (Wildman–Crippen LogP) is 7.31. The molecule has 0 bridgehead atoms. The van der Waals surface area contributed by atoms with Gasteiger partial charge in [0.15, 0.2) is 0 Å². The number of benzene rings is 2. The molecule has 2 aromatic carbocycles. The molecular weight excluding hydrogens is 537 g/mol. The molecule has 0 aliphatic rings. The third-order valence-corrected chi connectivity index (χ3v) is 17.8. The maximum absolute atomic E-state index is 12.7. The minimum absolute atomic E-state index is 0.366. The fourth-order valence-electron chi connectivity index (χ4n) is 4.97. The zero-order valence-electron chi connectivity index (χ0n) is 24.9. The van der Waals surface area contributed by atoms with E-state index in [2.05, 4.69) is 59.2 Å². The van der Waals surface area contributed by atoms with E-state index in [4.69, 9.17) is 19.6 Å². The Hall–Kier alpha value is -2.79. The number of carbonyl (C=O) groups is 2. The van der Waals surface area contributed by atoms with Gasteiger partial charge in [0, 0.05) is 6.42 Å². The zero-order chi connectivity index (χ0) is 29.6. The first-order chi connectivity index (χ1) is 19.3. The highest BCUT2D eigenvalue weighted by Crippen LogP contribution is 2.19. The van der Waals surface area contributed by atoms with Crippen LogP contribution < -0.4 is 10.4 Å². The molecule has 2 aromatic rings. The molecule has 0 fully saturated rings. The Morgan fingerprint density at radius 3 is 1.35 bits per heavy atom. The van der Waals surface area contributed by atoms with Gasteiger partial charge in [-0.05, 0) is 30.7 Å². The molecule has 0 amide bonds. The zero-order valence-corrected chi connectivity index (χ0v) is 26.9. The quantitative estimate of drug-likeness (QED) is 0.0603. The van der Waals surface area contributed by atoms with Crippen molar-refractivity contribution in [1.82, 2.24) is 0 Å². The van der Waals surface area contributed by atoms with Gasteiger partial charge in [0.25, 0.3) is 0 Å². The van der Waals surface area contributed by atoms with Crippen LogP contribution in [0.1, 0.15) is 81.0 Å². The monoisotopic (exact) mass is 582 g/mol. The van der Waals surface area contributed by atoms with Crippen LogP contribution in [0.5, 0.6) is 0 Å². The van der Waals surface area contributed by atoms with E-state index in [9.17, 15) is 9.59 Å². The Balaban J connectivity index is 2.02. The summed E-state index contributed by atoms with van der Waals surface area (Å²) in [6.07, 6.45) is 2.03. The van der Waals surface area contributed by atoms with Gasteiger partial charge in [-0.2, -0.15) is 0 Å². The second-order valence-electron chi connectivity index (χ2n) is 10.1. The average molecular weight is 583 g/mol. The average Bonchev–Trinajstić information content (AvgIpc) is 3.01. The maximum atomic E-state index is 12.7. The van der Waals surface area contributed by atoms with Crippen LogP contribution in [0.15, 0.2) is 73.1 Å². The van der Waals surface area contributed by atoms with Crippen molar-refractivity contribution in [2.24, 2.45) is 0 Å². The van der Waals surface area contributed by atoms with Crippen molar-refractivity contribution < 1.29 is 29.1 Å². The molecule has 0 saturated heterocycles. The second kappa shape index (κ2) is 16.5. The first-order valence-electron chi connectivity index (χ1n) is 14.5. The molecule has 0 aliphatic carbocycles. The van der Waals surface area contributed by atoms with E-state index in [1.165, 1.54) is 10.4 Å². The summed E-state index contributed by atoms with van der Waals surface area (Å²) in [6, 6.07) is 19.1. The summed E-state index contributed by atoms with van der Waals surface area (Å²) < 4.78 is 0. The standard InChI is InChI=1S/C32H46O6Si2/c1-8-15-16-17-30(35-37-31(33)26-18-22-28(23-19-26)39(9-2,10-3)11-4)36-38-32(34)27-20-24-29(25-21-27)40(12-5,13-6)14-7/h9,12,18-25,30H,2,5,8,10-11,13-17H2,1,3-4,6-7H3. The van der Waals surface area contributed by atoms with Crippen molar-refractivity contribution in [2.75, 3.05) is 0 Å². The molecule has 0 atom stereocenters. The van der Waals surface area contributed by atoms with E-state index in [-0.39, 0.29) is 0 Å². The van der Waals surface area contributed by atoms with Gasteiger partial charge >= 0.3 is 11.9 Å². The van der Waals surface area contributed by atoms with Crippen LogP contribution in [-0.2, 0) is 19.6 Å². The fraction of sp³-hybridized carbons (Fsp3) is 0.438. The van der Waals surface area contributed by atoms with Crippen molar-refractivity contribution in [2.45, 2.75) is 90.8 Å². The Kier molecular flexibility index (Phi) is 13.8. The van der Waals surface area contributed by atoms with E-state index < -0.39 is 34.4 Å². The first-order valence-corrected chi connectivity index (χ1v) is 19.5. The number of hydrogen-bond donors (Lipinski definition) is 0. The highest BCUT2D eigenvalue weighted by molar-refractivity contribution is 6.96. The van der Waals surface area contributed by atoms with Gasteiger partial charge in [-0.1, -0.05) is 118 Å². The van der Waals surface area contributed by atoms with Gasteiger partial charge in [-0.25, -0.2) is 9.59 Å². The van der Waals surface area contributed by atoms with Crippen molar-refractivity contribution >= 4 is 38.5 Å². The molecule has 0 N–H and O–H groups in total. The third kappa shape index (κ3) is 8.36. The second-order valence-corrected chi connectivity index (χ2v) is 19.6. The van der Waals surface area contributed by atoms with E-state index >= 15 is 0 Å². The smallest absolute Gasteiger partial charge is 0.290 e. The number of hydrogen-bond acceptors (Lipinski definition) is 6. The van der Waals surface area contributed by atoms with Crippen molar-refractivity contribution in [3.63, 3.8) is 0 Å². The summed E-state index contributed by atoms with van der Waals surface area (Å²) in [6.45, 7) is 18.9. The van der Waals surface area contributed by atoms with E-state index in [1.807, 2.05) is 24.3 Å². The molecule has 6 nitrogen and oxygen atoms in total. The van der Waals surface area contributed by atoms with Crippen LogP contribution in [0, 0.1) is 0 Å². The first kappa shape index (κ1) is 33.4. The van der Waals surface area contributed by atoms with Crippen LogP contribution >= 0.6 is 0 Å². The lowest BCUT2D eigenvalue weighted by atomic mass is 10.2. The fourth-order valence-corrected chi connectivity index (χ4v) is 10.9. The third-order valence-electron chi connectivity index (χ3n) is 8.20. The molecule has 0 saturated carbocycles. The van der Waals surface area contributed by atoms with E-state index in [1.54, 1.807) is 24.3 Å². The van der Waals surface area contributed by atoms with Crippen molar-refractivity contribution in [3.8, 4) is 0 Å². The van der Waals surface area contributed by atoms with Crippen LogP contribution in [-0.4, -0.2) is 34.4 Å². The van der Waals surface area contributed by atoms with Crippen LogP contribution in [0.3, 0.4) is 0 Å². The number of unbranched alkanes of at least 4 members (excludes halogenated alkanes) is 2. The van der Waals surface area contributed by atoms with Crippen LogP contribution in [0.4, 0.5) is 0 Å². The van der Waals surface area contributed by atoms with E-state index in [0.29, 0.717) is 17.5 Å². The van der Waals surface area contributed by atoms with Crippen LogP contribution in [0.2, 0.25) is 24.2 Å². The number of carbonyl (C=O) groups excluding carboxylic acids is 2. The molecule has 0 radical (unpaired) electrons. The molecule has 0 spiro atoms. The predicted molar refractivity (Wildman–Crippen MR) is 167 cm³/mol. The van der Waals surface area contributed by atoms with Gasteiger partial charge in [0.1, 0.15) is 16.1 Å². The lowest BCUT2D eigenvalue weighted by Gasteiger charge is -2.26. The molecule has 0 heterocycles. The lowest BCUT2D eigenvalue weighted by Crippen LogP contribution is -2.44. The minimum atomic E-state index is -1.77. The van der Waals surface area contributed by atoms with Gasteiger partial charge in [0.05, 0.1) is 11.1 Å². The summed E-state index contributed by atoms with van der Waals surface area (Å²) in [7, 11) is -3.53. The Bertz CT molecular complexity index is 1010. The maximum Gasteiger partial charge on any atom is 0.373 e. The van der Waals surface area contributed by atoms with Crippen molar-refractivity contribution in [3.05, 3.63) is 84.2 Å². The van der Waals surface area contributed by atoms with Gasteiger partial charge in [0.2, 0.25) is 6.29 Å². The summed E-state index contributed by atoms with van der Waals surface area (Å²) in [5.41, 5.74) is 4.93. The molecule has 0 aliphatic heterocycles. The summed E-state index contributed by atoms with van der Waals surface area (Å²) >= 11 is 0. The molecule has 0 unspecified atom stereocenters. The lowest BCUT2D eigenvalue weighted by molar-refractivity contribution is -0.421. The summed E-state index contributed by atoms with van der Waals surface area (Å²) in [5.74, 6) is -1.28. The Labute approximate surface area is 242 Å². The van der Waals surface area contributed by atoms with Gasteiger partial charge < -0.3 is 0 Å². The SMILES string of the molecule is C=C[Si](CC)(CC)c1ccc(C(=O)OOC(CCCCC)OOC(=O)c2ccc([Si](C=C)(CC)CC)cc2)cc1. The molecule has 0 aromatic heterocycles. The molecule has 218 valence electrons. The molecule has 8 heteroatoms. The van der Waals surface area contributed by atoms with Gasteiger partial charge in [-0.15, -0.1) is 22.9 Å².